The fourth-order valence-corrected chi connectivity index (χ4v) is 5.72. The molecule has 3 aliphatic rings. The number of alkyl halides is 3. The van der Waals surface area contributed by atoms with E-state index in [1.807, 2.05) is 18.3 Å². The first-order valence-corrected chi connectivity index (χ1v) is 11.4. The van der Waals surface area contributed by atoms with Crippen molar-refractivity contribution in [3.63, 3.8) is 0 Å². The molecule has 0 spiro atoms. The summed E-state index contributed by atoms with van der Waals surface area (Å²) in [5.41, 5.74) is 2.23. The molecule has 1 fully saturated rings. The molecule has 1 aromatic heterocycles. The maximum absolute atomic E-state index is 13.4. The van der Waals surface area contributed by atoms with Gasteiger partial charge in [0.2, 0.25) is 5.91 Å². The molecular weight excluding hydrogens is 423 g/mol. The molecule has 1 aliphatic carbocycles. The minimum absolute atomic E-state index is 0.116. The average molecular weight is 454 g/mol. The van der Waals surface area contributed by atoms with Crippen molar-refractivity contribution in [3.05, 3.63) is 39.8 Å². The molecule has 3 heterocycles. The van der Waals surface area contributed by atoms with Crippen molar-refractivity contribution >= 4 is 11.5 Å². The summed E-state index contributed by atoms with van der Waals surface area (Å²) in [5.74, 6) is -2.13. The van der Waals surface area contributed by atoms with Crippen LogP contribution < -0.4 is 10.9 Å². The van der Waals surface area contributed by atoms with Gasteiger partial charge in [-0.25, -0.2) is 0 Å². The molecule has 2 aliphatic heterocycles. The maximum atomic E-state index is 13.4. The quantitative estimate of drug-likeness (QED) is 0.695. The number of nitrogens with zero attached hydrogens (tertiary/aromatic N) is 2. The van der Waals surface area contributed by atoms with Gasteiger partial charge in [-0.2, -0.15) is 13.2 Å². The van der Waals surface area contributed by atoms with Crippen LogP contribution in [0, 0.1) is 11.8 Å². The molecule has 0 saturated carbocycles. The van der Waals surface area contributed by atoms with E-state index in [9.17, 15) is 27.9 Å². The molecular formula is C23H30F3N3O3. The van der Waals surface area contributed by atoms with E-state index in [-0.39, 0.29) is 18.2 Å². The molecule has 32 heavy (non-hydrogen) atoms. The number of allylic oxidation sites excluding steroid dienone is 2. The van der Waals surface area contributed by atoms with Crippen molar-refractivity contribution in [3.8, 4) is 0 Å². The third kappa shape index (κ3) is 4.12. The number of hydrogen-bond donors (Lipinski definition) is 2. The highest BCUT2D eigenvalue weighted by Crippen LogP contribution is 2.48. The lowest BCUT2D eigenvalue weighted by Crippen LogP contribution is -2.47. The Bertz CT molecular complexity index is 956. The van der Waals surface area contributed by atoms with Gasteiger partial charge in [0, 0.05) is 36.4 Å². The minimum atomic E-state index is -4.52. The summed E-state index contributed by atoms with van der Waals surface area (Å²) in [4.78, 5) is 28.4. The van der Waals surface area contributed by atoms with Gasteiger partial charge < -0.3 is 15.0 Å². The van der Waals surface area contributed by atoms with Crippen LogP contribution in [0.25, 0.3) is 5.57 Å². The SMILES string of the molecule is CCCN1[C@@H]2Cn3c(ccc(C4=CCCCC4)c3=O)[C@H]1[C@@H](C(=O)NCC(F)(F)F)[C@@H]2CO. The summed E-state index contributed by atoms with van der Waals surface area (Å²) in [5, 5.41) is 12.1. The number of hydrogen-bond acceptors (Lipinski definition) is 4. The van der Waals surface area contributed by atoms with Crippen LogP contribution in [0.3, 0.4) is 0 Å². The van der Waals surface area contributed by atoms with E-state index in [2.05, 4.69) is 11.0 Å². The first kappa shape index (κ1) is 23.0. The molecule has 1 aromatic rings. The van der Waals surface area contributed by atoms with Crippen molar-refractivity contribution in [1.82, 2.24) is 14.8 Å². The molecule has 0 radical (unpaired) electrons. The van der Waals surface area contributed by atoms with Crippen molar-refractivity contribution in [1.29, 1.82) is 0 Å². The van der Waals surface area contributed by atoms with Gasteiger partial charge in [0.15, 0.2) is 0 Å². The van der Waals surface area contributed by atoms with E-state index < -0.39 is 36.5 Å². The Balaban J connectivity index is 1.75. The number of nitrogens with one attached hydrogen (secondary N) is 1. The number of fused-ring (bicyclic) bond motifs is 4. The zero-order valence-electron chi connectivity index (χ0n) is 18.2. The number of rotatable bonds is 6. The Morgan fingerprint density at radius 2 is 2.06 bits per heavy atom. The Labute approximate surface area is 185 Å². The van der Waals surface area contributed by atoms with Gasteiger partial charge in [0.05, 0.1) is 12.0 Å². The van der Waals surface area contributed by atoms with Crippen molar-refractivity contribution < 1.29 is 23.1 Å². The summed E-state index contributed by atoms with van der Waals surface area (Å²) in [6.07, 6.45) is 2.33. The van der Waals surface area contributed by atoms with Gasteiger partial charge in [0.25, 0.3) is 5.56 Å². The zero-order chi connectivity index (χ0) is 23.0. The second-order valence-corrected chi connectivity index (χ2v) is 9.02. The van der Waals surface area contributed by atoms with E-state index in [0.29, 0.717) is 24.3 Å². The van der Waals surface area contributed by atoms with Crippen molar-refractivity contribution in [2.24, 2.45) is 11.8 Å². The summed E-state index contributed by atoms with van der Waals surface area (Å²) < 4.78 is 39.9. The average Bonchev–Trinajstić information content (AvgIpc) is 2.97. The third-order valence-electron chi connectivity index (χ3n) is 7.05. The smallest absolute Gasteiger partial charge is 0.396 e. The van der Waals surface area contributed by atoms with Crippen molar-refractivity contribution in [2.75, 3.05) is 19.7 Å². The van der Waals surface area contributed by atoms with E-state index in [4.69, 9.17) is 0 Å². The predicted octanol–water partition coefficient (Wildman–Crippen LogP) is 2.86. The highest BCUT2D eigenvalue weighted by atomic mass is 19.4. The predicted molar refractivity (Wildman–Crippen MR) is 114 cm³/mol. The van der Waals surface area contributed by atoms with Gasteiger partial charge in [-0.1, -0.05) is 13.0 Å². The van der Waals surface area contributed by atoms with E-state index in [1.165, 1.54) is 0 Å². The molecule has 2 bridgehead atoms. The molecule has 0 unspecified atom stereocenters. The van der Waals surface area contributed by atoms with Gasteiger partial charge >= 0.3 is 6.18 Å². The largest absolute Gasteiger partial charge is 0.405 e. The molecule has 176 valence electrons. The Morgan fingerprint density at radius 3 is 2.69 bits per heavy atom. The fraction of sp³-hybridized carbons (Fsp3) is 0.652. The maximum Gasteiger partial charge on any atom is 0.405 e. The van der Waals surface area contributed by atoms with Crippen LogP contribution in [0.4, 0.5) is 13.2 Å². The number of pyridine rings is 1. The van der Waals surface area contributed by atoms with Crippen molar-refractivity contribution in [2.45, 2.75) is 63.8 Å². The molecule has 4 atom stereocenters. The van der Waals surface area contributed by atoms with Crippen LogP contribution in [0.1, 0.15) is 56.3 Å². The Morgan fingerprint density at radius 1 is 1.28 bits per heavy atom. The van der Waals surface area contributed by atoms with Gasteiger partial charge in [-0.3, -0.25) is 14.5 Å². The zero-order valence-corrected chi connectivity index (χ0v) is 18.2. The number of amides is 1. The molecule has 2 N–H and O–H groups in total. The molecule has 4 rings (SSSR count). The number of aromatic nitrogens is 1. The number of aliphatic hydroxyl groups excluding tert-OH is 1. The number of carbonyl (C=O) groups excluding carboxylic acids is 1. The summed E-state index contributed by atoms with van der Waals surface area (Å²) in [7, 11) is 0. The lowest BCUT2D eigenvalue weighted by Gasteiger charge is -2.38. The lowest BCUT2D eigenvalue weighted by molar-refractivity contribution is -0.142. The fourth-order valence-electron chi connectivity index (χ4n) is 5.72. The molecule has 6 nitrogen and oxygen atoms in total. The first-order valence-electron chi connectivity index (χ1n) is 11.4. The Kier molecular flexibility index (Phi) is 6.49. The minimum Gasteiger partial charge on any atom is -0.396 e. The molecule has 1 amide bonds. The summed E-state index contributed by atoms with van der Waals surface area (Å²) >= 11 is 0. The van der Waals surface area contributed by atoms with E-state index >= 15 is 0 Å². The molecule has 1 saturated heterocycles. The van der Waals surface area contributed by atoms with Crippen LogP contribution >= 0.6 is 0 Å². The van der Waals surface area contributed by atoms with Gasteiger partial charge in [-0.15, -0.1) is 0 Å². The Hall–Kier alpha value is -2.13. The highest BCUT2D eigenvalue weighted by molar-refractivity contribution is 5.81. The molecule has 0 aromatic carbocycles. The monoisotopic (exact) mass is 453 g/mol. The normalized spacial score (nSPS) is 27.7. The van der Waals surface area contributed by atoms with E-state index in [0.717, 1.165) is 37.7 Å². The lowest BCUT2D eigenvalue weighted by atomic mass is 9.86. The topological polar surface area (TPSA) is 74.6 Å². The highest BCUT2D eigenvalue weighted by Gasteiger charge is 2.55. The van der Waals surface area contributed by atoms with Crippen LogP contribution in [0.2, 0.25) is 0 Å². The molecule has 9 heteroatoms. The standard InChI is InChI=1S/C23H30F3N3O3/c1-2-10-28-18-11-29-17(9-8-15(22(29)32)14-6-4-3-5-7-14)20(28)19(16(18)12-30)21(31)27-13-23(24,25)26/h6,8-9,16,18-20,30H,2-5,7,10-13H2,1H3,(H,27,31)/t16-,18-,19+,20+/m1/s1. The second-order valence-electron chi connectivity index (χ2n) is 9.02. The summed E-state index contributed by atoms with van der Waals surface area (Å²) in [6.45, 7) is 1.21. The number of carbonyl (C=O) groups is 1. The summed E-state index contributed by atoms with van der Waals surface area (Å²) in [6, 6.07) is 2.82. The number of halogens is 3. The van der Waals surface area contributed by atoms with Gasteiger partial charge in [0.1, 0.15) is 6.54 Å². The number of aliphatic hydroxyl groups is 1. The van der Waals surface area contributed by atoms with Crippen LogP contribution in [0.5, 0.6) is 0 Å². The van der Waals surface area contributed by atoms with Crippen LogP contribution in [-0.4, -0.2) is 52.4 Å². The van der Waals surface area contributed by atoms with Gasteiger partial charge in [-0.05, 0) is 56.4 Å². The van der Waals surface area contributed by atoms with E-state index in [1.54, 1.807) is 10.6 Å². The first-order chi connectivity index (χ1) is 15.3. The van der Waals surface area contributed by atoms with Crippen LogP contribution in [-0.2, 0) is 11.3 Å². The second kappa shape index (κ2) is 9.02. The van der Waals surface area contributed by atoms with Crippen LogP contribution in [0.15, 0.2) is 23.0 Å². The third-order valence-corrected chi connectivity index (χ3v) is 7.05.